The van der Waals surface area contributed by atoms with Crippen molar-refractivity contribution in [2.75, 3.05) is 5.32 Å². The van der Waals surface area contributed by atoms with Crippen LogP contribution in [-0.2, 0) is 13.2 Å². The molecule has 1 aromatic carbocycles. The lowest BCUT2D eigenvalue weighted by Crippen LogP contribution is -2.15. The van der Waals surface area contributed by atoms with Crippen LogP contribution in [-0.4, -0.2) is 45.2 Å². The van der Waals surface area contributed by atoms with E-state index in [1.54, 1.807) is 35.3 Å². The molecule has 3 aromatic heterocycles. The number of nitrogens with zero attached hydrogens (tertiary/aromatic N) is 8. The highest BCUT2D eigenvalue weighted by atomic mass is 35.5. The Morgan fingerprint density at radius 3 is 2.53 bits per heavy atom. The summed E-state index contributed by atoms with van der Waals surface area (Å²) in [5, 5.41) is 26.1. The van der Waals surface area contributed by atoms with Crippen molar-refractivity contribution in [3.63, 3.8) is 0 Å². The van der Waals surface area contributed by atoms with Crippen LogP contribution in [0.5, 0.6) is 0 Å². The minimum absolute atomic E-state index is 0.0733. The first-order valence-electron chi connectivity index (χ1n) is 8.63. The average molecular weight is 428 g/mol. The van der Waals surface area contributed by atoms with Gasteiger partial charge < -0.3 is 15.4 Å². The molecule has 3 heterocycles. The molecule has 0 aliphatic rings. The number of hydrogen-bond donors (Lipinski definition) is 1. The molecule has 0 spiro atoms. The van der Waals surface area contributed by atoms with E-state index in [2.05, 4.69) is 25.6 Å². The summed E-state index contributed by atoms with van der Waals surface area (Å²) in [6, 6.07) is 10.6. The summed E-state index contributed by atoms with van der Waals surface area (Å²) < 4.78 is 4.34. The summed E-state index contributed by atoms with van der Waals surface area (Å²) in [5.41, 5.74) is 1.18. The van der Waals surface area contributed by atoms with Gasteiger partial charge in [0.05, 0.1) is 6.54 Å². The molecule has 13 heteroatoms. The fourth-order valence-electron chi connectivity index (χ4n) is 2.62. The maximum atomic E-state index is 12.4. The van der Waals surface area contributed by atoms with Crippen LogP contribution in [0.2, 0.25) is 5.02 Å². The van der Waals surface area contributed by atoms with E-state index >= 15 is 0 Å². The molecule has 0 radical (unpaired) electrons. The van der Waals surface area contributed by atoms with Gasteiger partial charge in [-0.1, -0.05) is 28.7 Å². The Hall–Kier alpha value is -4.06. The first kappa shape index (κ1) is 19.3. The molecule has 4 rings (SSSR count). The second kappa shape index (κ2) is 8.13. The zero-order valence-corrected chi connectivity index (χ0v) is 16.0. The molecule has 12 nitrogen and oxygen atoms in total. The number of benzene rings is 1. The summed E-state index contributed by atoms with van der Waals surface area (Å²) in [4.78, 5) is 25.9. The van der Waals surface area contributed by atoms with Gasteiger partial charge in [0.15, 0.2) is 18.2 Å². The quantitative estimate of drug-likeness (QED) is 0.351. The molecule has 152 valence electrons. The van der Waals surface area contributed by atoms with Crippen molar-refractivity contribution in [2.24, 2.45) is 0 Å². The molecule has 1 amide bonds. The Morgan fingerprint density at radius 1 is 1.03 bits per heavy atom. The van der Waals surface area contributed by atoms with Gasteiger partial charge in [-0.05, 0) is 28.7 Å². The van der Waals surface area contributed by atoms with Crippen molar-refractivity contribution in [1.29, 1.82) is 0 Å². The lowest BCUT2D eigenvalue weighted by atomic mass is 10.2. The van der Waals surface area contributed by atoms with Crippen molar-refractivity contribution < 1.29 is 9.72 Å². The Labute approximate surface area is 173 Å². The van der Waals surface area contributed by atoms with Gasteiger partial charge in [0.25, 0.3) is 5.91 Å². The molecule has 0 unspecified atom stereocenters. The fraction of sp³-hybridized carbons (Fsp3) is 0.118. The number of halogens is 1. The topological polar surface area (TPSA) is 139 Å². The zero-order chi connectivity index (χ0) is 21.1. The summed E-state index contributed by atoms with van der Waals surface area (Å²) >= 11 is 5.88. The number of aromatic nitrogens is 7. The standard InChI is InChI=1S/C17H14ClN9O3/c18-13-3-1-12(2-4-13)9-24-8-6-15(22-24)20-16(28)14-5-7-25(21-14)11-26-10-19-17(23-26)27(29)30/h1-8,10H,9,11H2,(H,20,22,28). The van der Waals surface area contributed by atoms with E-state index in [9.17, 15) is 14.9 Å². The molecule has 30 heavy (non-hydrogen) atoms. The van der Waals surface area contributed by atoms with Gasteiger partial charge in [-0.3, -0.25) is 9.48 Å². The van der Waals surface area contributed by atoms with E-state index < -0.39 is 16.8 Å². The van der Waals surface area contributed by atoms with E-state index in [1.165, 1.54) is 21.8 Å². The number of nitrogens with one attached hydrogen (secondary N) is 1. The molecule has 0 bridgehead atoms. The first-order valence-corrected chi connectivity index (χ1v) is 9.00. The van der Waals surface area contributed by atoms with Crippen LogP contribution in [0.25, 0.3) is 0 Å². The van der Waals surface area contributed by atoms with Gasteiger partial charge in [-0.25, -0.2) is 4.68 Å². The number of carbonyl (C=O) groups is 1. The van der Waals surface area contributed by atoms with Crippen LogP contribution in [0.4, 0.5) is 11.8 Å². The maximum absolute atomic E-state index is 12.4. The van der Waals surface area contributed by atoms with E-state index in [0.717, 1.165) is 5.56 Å². The van der Waals surface area contributed by atoms with Gasteiger partial charge in [0.2, 0.25) is 6.33 Å². The number of anilines is 1. The van der Waals surface area contributed by atoms with Gasteiger partial charge in [0, 0.05) is 28.6 Å². The summed E-state index contributed by atoms with van der Waals surface area (Å²) in [5.74, 6) is -0.556. The van der Waals surface area contributed by atoms with Gasteiger partial charge >= 0.3 is 5.95 Å². The van der Waals surface area contributed by atoms with Crippen molar-refractivity contribution in [3.8, 4) is 0 Å². The molecule has 0 aliphatic carbocycles. The van der Waals surface area contributed by atoms with Gasteiger partial charge in [0.1, 0.15) is 0 Å². The number of amides is 1. The first-order chi connectivity index (χ1) is 14.5. The molecule has 0 fully saturated rings. The second-order valence-corrected chi connectivity index (χ2v) is 6.64. The highest BCUT2D eigenvalue weighted by molar-refractivity contribution is 6.30. The largest absolute Gasteiger partial charge is 0.491 e. The summed E-state index contributed by atoms with van der Waals surface area (Å²) in [7, 11) is 0. The van der Waals surface area contributed by atoms with E-state index in [-0.39, 0.29) is 12.4 Å². The van der Waals surface area contributed by atoms with Crippen molar-refractivity contribution in [2.45, 2.75) is 13.2 Å². The highest BCUT2D eigenvalue weighted by Gasteiger charge is 2.15. The average Bonchev–Trinajstić information content (AvgIpc) is 3.46. The fourth-order valence-corrected chi connectivity index (χ4v) is 2.75. The van der Waals surface area contributed by atoms with Crippen LogP contribution in [0.1, 0.15) is 16.1 Å². The Bertz CT molecular complexity index is 1200. The smallest absolute Gasteiger partial charge is 0.390 e. The third-order valence-electron chi connectivity index (χ3n) is 3.99. The van der Waals surface area contributed by atoms with Crippen molar-refractivity contribution >= 4 is 29.3 Å². The maximum Gasteiger partial charge on any atom is 0.491 e. The SMILES string of the molecule is O=C(Nc1ccn(Cc2ccc(Cl)cc2)n1)c1ccn(Cn2cnc([N+](=O)[O-])n2)n1. The Kier molecular flexibility index (Phi) is 5.22. The molecular weight excluding hydrogens is 414 g/mol. The van der Waals surface area contributed by atoms with E-state index in [0.29, 0.717) is 17.4 Å². The van der Waals surface area contributed by atoms with E-state index in [1.807, 2.05) is 12.1 Å². The van der Waals surface area contributed by atoms with Crippen LogP contribution < -0.4 is 5.32 Å². The van der Waals surface area contributed by atoms with E-state index in [4.69, 9.17) is 11.6 Å². The normalized spacial score (nSPS) is 10.8. The number of hydrogen-bond acceptors (Lipinski definition) is 7. The predicted octanol–water partition coefficient (Wildman–Crippen LogP) is 2.04. The molecule has 1 N–H and O–H groups in total. The zero-order valence-electron chi connectivity index (χ0n) is 15.3. The van der Waals surface area contributed by atoms with Crippen LogP contribution in [0.3, 0.4) is 0 Å². The minimum atomic E-state index is -0.690. The lowest BCUT2D eigenvalue weighted by molar-refractivity contribution is -0.394. The van der Waals surface area contributed by atoms with Crippen LogP contribution in [0, 0.1) is 10.1 Å². The number of rotatable bonds is 7. The monoisotopic (exact) mass is 427 g/mol. The van der Waals surface area contributed by atoms with Gasteiger partial charge in [-0.2, -0.15) is 14.9 Å². The minimum Gasteiger partial charge on any atom is -0.390 e. The van der Waals surface area contributed by atoms with Crippen molar-refractivity contribution in [3.05, 3.63) is 81.5 Å². The summed E-state index contributed by atoms with van der Waals surface area (Å²) in [6.07, 6.45) is 4.52. The molecular formula is C17H14ClN9O3. The Balaban J connectivity index is 1.36. The lowest BCUT2D eigenvalue weighted by Gasteiger charge is -2.02. The van der Waals surface area contributed by atoms with Crippen molar-refractivity contribution in [1.82, 2.24) is 34.3 Å². The van der Waals surface area contributed by atoms with Crippen LogP contribution >= 0.6 is 11.6 Å². The number of nitro groups is 1. The molecule has 0 aliphatic heterocycles. The molecule has 4 aromatic rings. The molecule has 0 saturated heterocycles. The highest BCUT2D eigenvalue weighted by Crippen LogP contribution is 2.12. The molecule has 0 atom stereocenters. The third kappa shape index (κ3) is 4.50. The number of carbonyl (C=O) groups excluding carboxylic acids is 1. The Morgan fingerprint density at radius 2 is 1.80 bits per heavy atom. The predicted molar refractivity (Wildman–Crippen MR) is 105 cm³/mol. The third-order valence-corrected chi connectivity index (χ3v) is 4.24. The van der Waals surface area contributed by atoms with Crippen LogP contribution in [0.15, 0.2) is 55.1 Å². The van der Waals surface area contributed by atoms with Gasteiger partial charge in [-0.15, -0.1) is 0 Å². The second-order valence-electron chi connectivity index (χ2n) is 6.20. The summed E-state index contributed by atoms with van der Waals surface area (Å²) in [6.45, 7) is 0.607. The molecule has 0 saturated carbocycles.